The summed E-state index contributed by atoms with van der Waals surface area (Å²) in [5.41, 5.74) is 3.50. The topological polar surface area (TPSA) is 55.7 Å². The Morgan fingerprint density at radius 1 is 1.33 bits per heavy atom. The number of hydrogen-bond acceptors (Lipinski definition) is 4. The van der Waals surface area contributed by atoms with E-state index in [0.717, 1.165) is 19.4 Å². The molecule has 3 heterocycles. The Balaban J connectivity index is 1.63. The van der Waals surface area contributed by atoms with Gasteiger partial charge in [-0.2, -0.15) is 0 Å². The van der Waals surface area contributed by atoms with E-state index in [1.54, 1.807) is 18.4 Å². The van der Waals surface area contributed by atoms with E-state index in [4.69, 9.17) is 9.47 Å². The number of methoxy groups -OCH3 is 1. The van der Waals surface area contributed by atoms with Gasteiger partial charge in [-0.25, -0.2) is 4.79 Å². The second kappa shape index (κ2) is 9.64. The van der Waals surface area contributed by atoms with Crippen molar-refractivity contribution in [1.82, 2.24) is 14.8 Å². The van der Waals surface area contributed by atoms with E-state index in [1.807, 2.05) is 4.90 Å². The number of nitrogens with zero attached hydrogens (tertiary/aromatic N) is 2. The van der Waals surface area contributed by atoms with Crippen LogP contribution in [0.1, 0.15) is 18.4 Å². The molecule has 0 unspecified atom stereocenters. The maximum Gasteiger partial charge on any atom is 0.317 e. The van der Waals surface area contributed by atoms with Crippen LogP contribution >= 0.6 is 11.3 Å². The Morgan fingerprint density at radius 2 is 2.20 bits per heavy atom. The summed E-state index contributed by atoms with van der Waals surface area (Å²) < 4.78 is 13.2. The summed E-state index contributed by atoms with van der Waals surface area (Å²) >= 11 is 1.72. The zero-order chi connectivity index (χ0) is 20.9. The number of aryl methyl sites for hydroxylation is 1. The second-order valence-electron chi connectivity index (χ2n) is 7.62. The number of carbonyl (C=O) groups is 1. The first-order chi connectivity index (χ1) is 14.7. The zero-order valence-corrected chi connectivity index (χ0v) is 18.4. The number of carbonyl (C=O) groups excluding carboxylic acids is 1. The fraction of sp³-hybridized carbons (Fsp3) is 0.435. The predicted molar refractivity (Wildman–Crippen MR) is 121 cm³/mol. The molecule has 3 aromatic rings. The lowest BCUT2D eigenvalue weighted by molar-refractivity contribution is 0.106. The van der Waals surface area contributed by atoms with Crippen molar-refractivity contribution >= 4 is 28.3 Å². The number of rotatable bonds is 8. The molecular weight excluding hydrogens is 398 g/mol. The average Bonchev–Trinajstić information content (AvgIpc) is 3.51. The van der Waals surface area contributed by atoms with E-state index in [9.17, 15) is 4.79 Å². The molecule has 7 heteroatoms. The first kappa shape index (κ1) is 20.9. The number of urea groups is 1. The Labute approximate surface area is 181 Å². The average molecular weight is 428 g/mol. The van der Waals surface area contributed by atoms with E-state index in [-0.39, 0.29) is 12.1 Å². The molecule has 4 rings (SSSR count). The van der Waals surface area contributed by atoms with Gasteiger partial charge in [0.2, 0.25) is 0 Å². The van der Waals surface area contributed by atoms with E-state index >= 15 is 0 Å². The highest BCUT2D eigenvalue weighted by Gasteiger charge is 2.23. The first-order valence-corrected chi connectivity index (χ1v) is 11.3. The third-order valence-electron chi connectivity index (χ3n) is 5.67. The molecule has 2 amide bonds. The van der Waals surface area contributed by atoms with Gasteiger partial charge in [0.15, 0.2) is 0 Å². The maximum absolute atomic E-state index is 13.1. The summed E-state index contributed by atoms with van der Waals surface area (Å²) in [7, 11) is 3.76. The third-order valence-corrected chi connectivity index (χ3v) is 6.55. The van der Waals surface area contributed by atoms with Crippen molar-refractivity contribution in [1.29, 1.82) is 0 Å². The molecular formula is C23H29N3O3S. The number of para-hydroxylation sites is 1. The van der Waals surface area contributed by atoms with Crippen LogP contribution in [0.2, 0.25) is 0 Å². The summed E-state index contributed by atoms with van der Waals surface area (Å²) in [6, 6.07) is 12.5. The number of thiophene rings is 1. The summed E-state index contributed by atoms with van der Waals surface area (Å²) in [6.45, 7) is 2.88. The number of hydrogen-bond donors (Lipinski definition) is 1. The molecule has 6 nitrogen and oxygen atoms in total. The van der Waals surface area contributed by atoms with Crippen molar-refractivity contribution < 1.29 is 14.3 Å². The molecule has 0 radical (unpaired) electrons. The van der Waals surface area contributed by atoms with Crippen LogP contribution in [0.5, 0.6) is 0 Å². The van der Waals surface area contributed by atoms with E-state index in [2.05, 4.69) is 58.7 Å². The lowest BCUT2D eigenvalue weighted by Gasteiger charge is -2.24. The zero-order valence-electron chi connectivity index (χ0n) is 17.6. The van der Waals surface area contributed by atoms with Gasteiger partial charge in [-0.15, -0.1) is 11.3 Å². The van der Waals surface area contributed by atoms with Crippen LogP contribution in [-0.2, 0) is 23.1 Å². The molecule has 1 saturated heterocycles. The summed E-state index contributed by atoms with van der Waals surface area (Å²) in [6.07, 6.45) is 2.19. The molecule has 2 aromatic heterocycles. The summed E-state index contributed by atoms with van der Waals surface area (Å²) in [4.78, 5) is 16.1. The Kier molecular flexibility index (Phi) is 6.72. The Bertz CT molecular complexity index is 977. The molecule has 0 saturated carbocycles. The minimum absolute atomic E-state index is 0.0763. The molecule has 0 aliphatic carbocycles. The third kappa shape index (κ3) is 4.38. The minimum atomic E-state index is -0.0763. The normalized spacial score (nSPS) is 16.3. The fourth-order valence-electron chi connectivity index (χ4n) is 4.12. The van der Waals surface area contributed by atoms with Crippen LogP contribution in [0.15, 0.2) is 41.8 Å². The van der Waals surface area contributed by atoms with Gasteiger partial charge in [0.25, 0.3) is 0 Å². The van der Waals surface area contributed by atoms with Crippen molar-refractivity contribution in [2.24, 2.45) is 7.05 Å². The lowest BCUT2D eigenvalue weighted by atomic mass is 10.1. The second-order valence-corrected chi connectivity index (χ2v) is 8.56. The highest BCUT2D eigenvalue weighted by molar-refractivity contribution is 7.13. The smallest absolute Gasteiger partial charge is 0.317 e. The number of nitrogens with one attached hydrogen (secondary N) is 1. The van der Waals surface area contributed by atoms with Gasteiger partial charge >= 0.3 is 6.03 Å². The molecule has 0 bridgehead atoms. The van der Waals surface area contributed by atoms with Gasteiger partial charge in [0, 0.05) is 50.3 Å². The van der Waals surface area contributed by atoms with Crippen molar-refractivity contribution in [3.05, 3.63) is 47.3 Å². The molecule has 1 aromatic carbocycles. The fourth-order valence-corrected chi connectivity index (χ4v) is 4.95. The lowest BCUT2D eigenvalue weighted by Crippen LogP contribution is -2.43. The maximum atomic E-state index is 13.1. The number of amides is 2. The number of fused-ring (bicyclic) bond motifs is 1. The Hall–Kier alpha value is -2.35. The van der Waals surface area contributed by atoms with Gasteiger partial charge in [-0.3, -0.25) is 0 Å². The van der Waals surface area contributed by atoms with Crippen LogP contribution in [0.4, 0.5) is 4.79 Å². The number of aromatic nitrogens is 1. The molecule has 1 aliphatic heterocycles. The molecule has 30 heavy (non-hydrogen) atoms. The monoisotopic (exact) mass is 427 g/mol. The molecule has 1 N–H and O–H groups in total. The molecule has 1 atom stereocenters. The van der Waals surface area contributed by atoms with Crippen LogP contribution in [0.3, 0.4) is 0 Å². The number of benzene rings is 1. The van der Waals surface area contributed by atoms with Gasteiger partial charge < -0.3 is 24.3 Å². The van der Waals surface area contributed by atoms with E-state index in [1.165, 1.54) is 27.0 Å². The quantitative estimate of drug-likeness (QED) is 0.585. The molecule has 1 fully saturated rings. The molecule has 1 aliphatic rings. The van der Waals surface area contributed by atoms with E-state index in [0.29, 0.717) is 26.2 Å². The first-order valence-electron chi connectivity index (χ1n) is 10.4. The van der Waals surface area contributed by atoms with Gasteiger partial charge in [0.05, 0.1) is 29.8 Å². The van der Waals surface area contributed by atoms with Crippen molar-refractivity contribution in [2.45, 2.75) is 25.5 Å². The van der Waals surface area contributed by atoms with Crippen LogP contribution in [0, 0.1) is 0 Å². The standard InChI is InChI=1S/C23H29N3O3S/c1-25-20-9-4-3-8-18(20)19(22(25)21-10-6-14-30-21)16-26(11-13-28-2)23(27)24-15-17-7-5-12-29-17/h3-4,6,8-10,14,17H,5,7,11-13,15-16H2,1-2H3,(H,24,27)/t17-/m1/s1. The van der Waals surface area contributed by atoms with E-state index < -0.39 is 0 Å². The van der Waals surface area contributed by atoms with Crippen LogP contribution in [-0.4, -0.2) is 55.0 Å². The summed E-state index contributed by atoms with van der Waals surface area (Å²) in [5.74, 6) is 0. The van der Waals surface area contributed by atoms with Crippen LogP contribution in [0.25, 0.3) is 21.5 Å². The van der Waals surface area contributed by atoms with Crippen LogP contribution < -0.4 is 5.32 Å². The van der Waals surface area contributed by atoms with Gasteiger partial charge in [-0.05, 0) is 30.4 Å². The highest BCUT2D eigenvalue weighted by atomic mass is 32.1. The SMILES string of the molecule is COCCN(Cc1c(-c2cccs2)n(C)c2ccccc12)C(=O)NC[C@H]1CCCO1. The summed E-state index contributed by atoms with van der Waals surface area (Å²) in [5, 5.41) is 6.33. The van der Waals surface area contributed by atoms with Gasteiger partial charge in [-0.1, -0.05) is 24.3 Å². The predicted octanol–water partition coefficient (Wildman–Crippen LogP) is 4.24. The van der Waals surface area contributed by atoms with Crippen molar-refractivity contribution in [2.75, 3.05) is 33.4 Å². The number of ether oxygens (including phenoxy) is 2. The molecule has 160 valence electrons. The van der Waals surface area contributed by atoms with Crippen molar-refractivity contribution in [3.8, 4) is 10.6 Å². The van der Waals surface area contributed by atoms with Crippen molar-refractivity contribution in [3.63, 3.8) is 0 Å². The highest BCUT2D eigenvalue weighted by Crippen LogP contribution is 2.36. The largest absolute Gasteiger partial charge is 0.383 e. The minimum Gasteiger partial charge on any atom is -0.383 e. The molecule has 0 spiro atoms. The Morgan fingerprint density at radius 3 is 2.93 bits per heavy atom. The van der Waals surface area contributed by atoms with Gasteiger partial charge in [0.1, 0.15) is 0 Å².